The summed E-state index contributed by atoms with van der Waals surface area (Å²) < 4.78 is 51.8. The molecule has 2 rings (SSSR count). The molecule has 1 fully saturated rings. The van der Waals surface area contributed by atoms with Gasteiger partial charge in [0.05, 0.1) is 57.8 Å². The van der Waals surface area contributed by atoms with Crippen molar-refractivity contribution in [3.63, 3.8) is 0 Å². The molecule has 1 aliphatic heterocycles. The first kappa shape index (κ1) is 61.2. The highest BCUT2D eigenvalue weighted by atomic mass is 28.4. The van der Waals surface area contributed by atoms with Crippen molar-refractivity contribution < 1.29 is 46.6 Å². The number of hydrogen-bond donors (Lipinski definition) is 1. The summed E-state index contributed by atoms with van der Waals surface area (Å²) in [5, 5.41) is 3.07. The molecule has 0 aromatic heterocycles. The van der Waals surface area contributed by atoms with Gasteiger partial charge in [-0.2, -0.15) is 0 Å². The summed E-state index contributed by atoms with van der Waals surface area (Å²) >= 11 is 0. The van der Waals surface area contributed by atoms with E-state index in [4.69, 9.17) is 37.0 Å². The van der Waals surface area contributed by atoms with Crippen LogP contribution in [0.15, 0.2) is 36.9 Å². The predicted octanol–water partition coefficient (Wildman–Crippen LogP) is 13.1. The van der Waals surface area contributed by atoms with Crippen molar-refractivity contribution in [2.24, 2.45) is 11.8 Å². The van der Waals surface area contributed by atoms with Gasteiger partial charge >= 0.3 is 5.97 Å². The molecule has 0 radical (unpaired) electrons. The Bertz CT molecular complexity index is 1660. The van der Waals surface area contributed by atoms with E-state index >= 15 is 0 Å². The molecule has 1 N–H and O–H groups in total. The maximum absolute atomic E-state index is 14.2. The van der Waals surface area contributed by atoms with Crippen molar-refractivity contribution in [1.29, 1.82) is 0 Å². The molecule has 388 valence electrons. The van der Waals surface area contributed by atoms with Crippen LogP contribution in [0.25, 0.3) is 0 Å². The molecule has 1 aromatic carbocycles. The van der Waals surface area contributed by atoms with Gasteiger partial charge < -0.3 is 42.3 Å². The number of benzene rings is 1. The number of esters is 1. The molecule has 0 spiro atoms. The minimum absolute atomic E-state index is 0.0363. The predicted molar refractivity (Wildman–Crippen MR) is 282 cm³/mol. The lowest BCUT2D eigenvalue weighted by molar-refractivity contribution is -0.324. The van der Waals surface area contributed by atoms with Crippen LogP contribution >= 0.6 is 0 Å². The number of hydrogen-bond acceptors (Lipinski definition) is 10. The van der Waals surface area contributed by atoms with Gasteiger partial charge in [0.15, 0.2) is 36.8 Å². The van der Waals surface area contributed by atoms with Crippen molar-refractivity contribution in [3.8, 4) is 5.75 Å². The lowest BCUT2D eigenvalue weighted by Crippen LogP contribution is -2.53. The highest BCUT2D eigenvalue weighted by molar-refractivity contribution is 6.75. The van der Waals surface area contributed by atoms with Crippen LogP contribution in [-0.2, 0) is 48.4 Å². The van der Waals surface area contributed by atoms with E-state index in [2.05, 4.69) is 134 Å². The number of amides is 1. The Balaban J connectivity index is 2.30. The van der Waals surface area contributed by atoms with E-state index < -0.39 is 42.8 Å². The number of rotatable bonds is 27. The molecule has 0 bridgehead atoms. The Labute approximate surface area is 412 Å². The van der Waals surface area contributed by atoms with Crippen LogP contribution < -0.4 is 10.1 Å². The van der Waals surface area contributed by atoms with Crippen LogP contribution in [0.3, 0.4) is 0 Å². The van der Waals surface area contributed by atoms with E-state index in [-0.39, 0.29) is 83.0 Å². The van der Waals surface area contributed by atoms with Crippen molar-refractivity contribution >= 4 is 36.8 Å². The summed E-state index contributed by atoms with van der Waals surface area (Å²) in [6, 6.07) is 6.55. The molecule has 67 heavy (non-hydrogen) atoms. The van der Waals surface area contributed by atoms with E-state index in [1.165, 1.54) is 0 Å². The van der Waals surface area contributed by atoms with Gasteiger partial charge in [-0.1, -0.05) is 108 Å². The zero-order valence-corrected chi connectivity index (χ0v) is 49.4. The third kappa shape index (κ3) is 20.0. The van der Waals surface area contributed by atoms with Crippen molar-refractivity contribution in [3.05, 3.63) is 42.5 Å². The average molecular weight is 995 g/mol. The second-order valence-corrected chi connectivity index (χ2v) is 38.8. The largest absolute Gasteiger partial charge is 0.497 e. The van der Waals surface area contributed by atoms with Gasteiger partial charge in [-0.05, 0) is 118 Å². The van der Waals surface area contributed by atoms with Gasteiger partial charge in [0.25, 0.3) is 0 Å². The normalized spacial score (nSPS) is 20.9. The lowest BCUT2D eigenvalue weighted by Gasteiger charge is -2.48. The molecule has 1 saturated heterocycles. The van der Waals surface area contributed by atoms with Gasteiger partial charge in [0.2, 0.25) is 5.91 Å². The fraction of sp³-hybridized carbons (Fsp3) is 0.811. The molecule has 1 aromatic rings. The number of methoxy groups -OCH3 is 1. The second-order valence-electron chi connectivity index (χ2n) is 24.5. The van der Waals surface area contributed by atoms with Crippen LogP contribution in [0.4, 0.5) is 0 Å². The zero-order chi connectivity index (χ0) is 51.4. The summed E-state index contributed by atoms with van der Waals surface area (Å²) in [5.74, 6) is -0.632. The van der Waals surface area contributed by atoms with E-state index in [0.717, 1.165) is 24.2 Å². The molecular formula is C53H99NO10Si3. The number of nitrogens with one attached hydrogen (secondary N) is 1. The van der Waals surface area contributed by atoms with Crippen molar-refractivity contribution in [1.82, 2.24) is 5.32 Å². The van der Waals surface area contributed by atoms with Crippen LogP contribution in [-0.4, -0.2) is 99.5 Å². The number of ether oxygens (including phenoxy) is 5. The summed E-state index contributed by atoms with van der Waals surface area (Å²) in [6.07, 6.45) is 4.97. The van der Waals surface area contributed by atoms with Gasteiger partial charge in [-0.3, -0.25) is 4.79 Å². The topological polar surface area (TPSA) is 120 Å². The Morgan fingerprint density at radius 3 is 1.82 bits per heavy atom. The smallest absolute Gasteiger partial charge is 0.331 e. The molecule has 0 aliphatic carbocycles. The van der Waals surface area contributed by atoms with Gasteiger partial charge in [0.1, 0.15) is 11.9 Å². The van der Waals surface area contributed by atoms with E-state index in [1.54, 1.807) is 13.2 Å². The highest BCUT2D eigenvalue weighted by Crippen LogP contribution is 2.42. The highest BCUT2D eigenvalue weighted by Gasteiger charge is 2.46. The molecule has 1 heterocycles. The maximum Gasteiger partial charge on any atom is 0.331 e. The molecule has 11 nitrogen and oxygen atoms in total. The van der Waals surface area contributed by atoms with Crippen molar-refractivity contribution in [2.45, 2.75) is 245 Å². The third-order valence-corrected chi connectivity index (χ3v) is 28.4. The SMILES string of the molecule is C=CC[C@H](CC(=O)NC(COCc1ccc(OC)cc1)C(=O)O[C@@H](CCC)C[C@@H](C)C[C@H]1OC(C)(C)O[C@H](C[C@@H](CO[Si](C)(C)C(C)(C)C)O[Si](C)(C)C(C)(C)C)C1C)O[Si](C)(C)C(C)(C)C. The zero-order valence-electron chi connectivity index (χ0n) is 46.4. The number of carbonyl (C=O) groups is 2. The molecular weight excluding hydrogens is 895 g/mol. The first-order chi connectivity index (χ1) is 30.6. The van der Waals surface area contributed by atoms with Crippen LogP contribution in [0.1, 0.15) is 147 Å². The Morgan fingerprint density at radius 2 is 1.33 bits per heavy atom. The minimum atomic E-state index is -2.19. The Morgan fingerprint density at radius 1 is 0.806 bits per heavy atom. The van der Waals surface area contributed by atoms with Crippen LogP contribution in [0, 0.1) is 11.8 Å². The molecule has 1 amide bonds. The number of carbonyl (C=O) groups excluding carboxylic acids is 2. The van der Waals surface area contributed by atoms with Crippen molar-refractivity contribution in [2.75, 3.05) is 20.3 Å². The van der Waals surface area contributed by atoms with Gasteiger partial charge in [-0.15, -0.1) is 6.58 Å². The lowest BCUT2D eigenvalue weighted by atomic mass is 9.85. The van der Waals surface area contributed by atoms with Crippen LogP contribution in [0.5, 0.6) is 5.75 Å². The van der Waals surface area contributed by atoms with Crippen LogP contribution in [0.2, 0.25) is 54.4 Å². The maximum atomic E-state index is 14.2. The third-order valence-electron chi connectivity index (χ3n) is 14.9. The first-order valence-corrected chi connectivity index (χ1v) is 34.0. The van der Waals surface area contributed by atoms with Gasteiger partial charge in [-0.25, -0.2) is 4.79 Å². The summed E-state index contributed by atoms with van der Waals surface area (Å²) in [6.45, 7) is 49.0. The molecule has 1 aliphatic rings. The average Bonchev–Trinajstić information content (AvgIpc) is 3.17. The van der Waals surface area contributed by atoms with E-state index in [1.807, 2.05) is 38.1 Å². The molecule has 0 saturated carbocycles. The standard InChI is InChI=1S/C53H99NO10Si3/c1-23-25-42(60-49(56)45(37-58-35-40-27-29-41(57-16)30-28-40)54-48(55)34-43(26-24-2)63-66(19,20)51(8,9)10)31-38(3)32-46-39(4)47(62-53(14,15)61-46)33-44(64-67(21,22)52(11,12)13)36-59-65(17,18)50(5,6)7/h24,27-30,38-39,42-47H,2,23,25-26,31-37H2,1,3-22H3,(H,54,55)/t38-,39?,42+,43-,44+,45?,46-,47-/m1/s1. The minimum Gasteiger partial charge on any atom is -0.497 e. The second kappa shape index (κ2) is 25.5. The first-order valence-electron chi connectivity index (χ1n) is 25.2. The summed E-state index contributed by atoms with van der Waals surface area (Å²) in [7, 11) is -4.75. The Kier molecular flexibility index (Phi) is 23.3. The van der Waals surface area contributed by atoms with Gasteiger partial charge in [0, 0.05) is 12.3 Å². The van der Waals surface area contributed by atoms with E-state index in [9.17, 15) is 9.59 Å². The fourth-order valence-corrected chi connectivity index (χ4v) is 11.3. The summed E-state index contributed by atoms with van der Waals surface area (Å²) in [4.78, 5) is 28.0. The molecule has 14 heteroatoms. The molecule has 2 unspecified atom stereocenters. The monoisotopic (exact) mass is 994 g/mol. The van der Waals surface area contributed by atoms with E-state index in [0.29, 0.717) is 32.3 Å². The molecule has 8 atom stereocenters. The Hall–Kier alpha value is -1.89. The fourth-order valence-electron chi connectivity index (χ4n) is 7.59. The summed E-state index contributed by atoms with van der Waals surface area (Å²) in [5.41, 5.74) is 0.916. The quantitative estimate of drug-likeness (QED) is 0.0518.